The van der Waals surface area contributed by atoms with E-state index >= 15 is 0 Å². The third-order valence-corrected chi connectivity index (χ3v) is 3.57. The number of nitrogens with zero attached hydrogens (tertiary/aromatic N) is 3. The molecule has 0 saturated carbocycles. The highest BCUT2D eigenvalue weighted by molar-refractivity contribution is 7.09. The lowest BCUT2D eigenvalue weighted by atomic mass is 10.3. The monoisotopic (exact) mass is 263 g/mol. The summed E-state index contributed by atoms with van der Waals surface area (Å²) in [6, 6.07) is 6.18. The summed E-state index contributed by atoms with van der Waals surface area (Å²) in [4.78, 5) is 12.0. The summed E-state index contributed by atoms with van der Waals surface area (Å²) in [6.45, 7) is 2.85. The predicted molar refractivity (Wildman–Crippen MR) is 75.9 cm³/mol. The molecular weight excluding hydrogens is 246 g/mol. The lowest BCUT2D eigenvalue weighted by Gasteiger charge is -2.18. The van der Waals surface area contributed by atoms with Gasteiger partial charge in [-0.05, 0) is 24.8 Å². The van der Waals surface area contributed by atoms with Crippen molar-refractivity contribution in [2.24, 2.45) is 5.84 Å². The third kappa shape index (κ3) is 3.18. The molecule has 2 heterocycles. The van der Waals surface area contributed by atoms with Crippen LogP contribution in [0.5, 0.6) is 0 Å². The Morgan fingerprint density at radius 1 is 1.44 bits per heavy atom. The van der Waals surface area contributed by atoms with Gasteiger partial charge in [0, 0.05) is 30.2 Å². The maximum atomic E-state index is 5.35. The van der Waals surface area contributed by atoms with Crippen LogP contribution in [0.3, 0.4) is 0 Å². The highest BCUT2D eigenvalue weighted by atomic mass is 32.1. The van der Waals surface area contributed by atoms with Gasteiger partial charge in [0.1, 0.15) is 5.82 Å². The van der Waals surface area contributed by atoms with E-state index in [4.69, 9.17) is 5.84 Å². The van der Waals surface area contributed by atoms with E-state index in [2.05, 4.69) is 37.8 Å². The van der Waals surface area contributed by atoms with Crippen molar-refractivity contribution in [1.82, 2.24) is 9.97 Å². The maximum absolute atomic E-state index is 5.35. The summed E-state index contributed by atoms with van der Waals surface area (Å²) in [6.07, 6.45) is 1.02. The van der Waals surface area contributed by atoms with Crippen molar-refractivity contribution in [3.05, 3.63) is 34.2 Å². The van der Waals surface area contributed by atoms with Crippen molar-refractivity contribution >= 4 is 23.1 Å². The molecule has 0 fully saturated rings. The van der Waals surface area contributed by atoms with Gasteiger partial charge in [0.2, 0.25) is 5.95 Å². The quantitative estimate of drug-likeness (QED) is 0.636. The number of hydrazine groups is 1. The van der Waals surface area contributed by atoms with E-state index < -0.39 is 0 Å². The van der Waals surface area contributed by atoms with Gasteiger partial charge < -0.3 is 4.90 Å². The Bertz CT molecular complexity index is 497. The van der Waals surface area contributed by atoms with Crippen molar-refractivity contribution in [3.63, 3.8) is 0 Å². The van der Waals surface area contributed by atoms with Crippen LogP contribution < -0.4 is 16.2 Å². The van der Waals surface area contributed by atoms with Gasteiger partial charge in [-0.3, -0.25) is 5.43 Å². The zero-order valence-electron chi connectivity index (χ0n) is 10.6. The average Bonchev–Trinajstić information content (AvgIpc) is 2.88. The number of thiophene rings is 1. The van der Waals surface area contributed by atoms with Gasteiger partial charge >= 0.3 is 0 Å². The van der Waals surface area contributed by atoms with Crippen LogP contribution in [0, 0.1) is 6.92 Å². The number of nitrogens with one attached hydrogen (secondary N) is 1. The molecule has 0 atom stereocenters. The van der Waals surface area contributed by atoms with Crippen LogP contribution in [0.2, 0.25) is 0 Å². The molecule has 0 bridgehead atoms. The van der Waals surface area contributed by atoms with Gasteiger partial charge in [-0.2, -0.15) is 4.98 Å². The van der Waals surface area contributed by atoms with Crippen molar-refractivity contribution < 1.29 is 0 Å². The molecule has 0 unspecified atom stereocenters. The van der Waals surface area contributed by atoms with Gasteiger partial charge in [-0.25, -0.2) is 10.8 Å². The van der Waals surface area contributed by atoms with E-state index in [1.54, 1.807) is 11.3 Å². The molecule has 6 heteroatoms. The molecule has 0 spiro atoms. The number of aryl methyl sites for hydroxylation is 1. The normalized spacial score (nSPS) is 10.4. The number of likely N-dealkylation sites (N-methyl/N-ethyl adjacent to an activating group) is 1. The van der Waals surface area contributed by atoms with Crippen LogP contribution in [0.4, 0.5) is 11.8 Å². The molecule has 5 nitrogen and oxygen atoms in total. The molecule has 0 radical (unpaired) electrons. The van der Waals surface area contributed by atoms with Crippen LogP contribution in [-0.2, 0) is 6.42 Å². The fraction of sp³-hybridized carbons (Fsp3) is 0.333. The van der Waals surface area contributed by atoms with Crippen molar-refractivity contribution in [1.29, 1.82) is 0 Å². The van der Waals surface area contributed by atoms with E-state index in [0.29, 0.717) is 5.95 Å². The Morgan fingerprint density at radius 3 is 2.94 bits per heavy atom. The smallest absolute Gasteiger partial charge is 0.239 e. The number of hydrogen-bond donors (Lipinski definition) is 2. The number of nitrogens with two attached hydrogens (primary N) is 1. The second kappa shape index (κ2) is 5.79. The van der Waals surface area contributed by atoms with Crippen LogP contribution in [0.1, 0.15) is 10.6 Å². The molecule has 2 aromatic rings. The zero-order chi connectivity index (χ0) is 13.0. The summed E-state index contributed by atoms with van der Waals surface area (Å²) in [7, 11) is 2.02. The van der Waals surface area contributed by atoms with Gasteiger partial charge in [0.05, 0.1) is 0 Å². The largest absolute Gasteiger partial charge is 0.359 e. The maximum Gasteiger partial charge on any atom is 0.239 e. The molecule has 0 saturated heterocycles. The Hall–Kier alpha value is -1.66. The van der Waals surface area contributed by atoms with Crippen LogP contribution in [-0.4, -0.2) is 23.6 Å². The third-order valence-electron chi connectivity index (χ3n) is 2.63. The molecule has 18 heavy (non-hydrogen) atoms. The molecular formula is C12H17N5S. The molecule has 0 aromatic carbocycles. The number of nitrogen functional groups attached to an aromatic ring is 1. The Balaban J connectivity index is 2.03. The second-order valence-electron chi connectivity index (χ2n) is 4.09. The minimum absolute atomic E-state index is 0.452. The number of aromatic nitrogens is 2. The molecule has 2 aromatic heterocycles. The van der Waals surface area contributed by atoms with E-state index in [-0.39, 0.29) is 0 Å². The van der Waals surface area contributed by atoms with Crippen molar-refractivity contribution in [2.45, 2.75) is 13.3 Å². The average molecular weight is 263 g/mol. The van der Waals surface area contributed by atoms with Gasteiger partial charge in [0.25, 0.3) is 0 Å². The van der Waals surface area contributed by atoms with Gasteiger partial charge in [-0.15, -0.1) is 11.3 Å². The van der Waals surface area contributed by atoms with E-state index in [0.717, 1.165) is 24.5 Å². The van der Waals surface area contributed by atoms with Crippen LogP contribution in [0.25, 0.3) is 0 Å². The summed E-state index contributed by atoms with van der Waals surface area (Å²) in [5.41, 5.74) is 3.38. The SMILES string of the molecule is Cc1cc(N(C)CCc2cccs2)nc(NN)n1. The first-order valence-electron chi connectivity index (χ1n) is 5.75. The van der Waals surface area contributed by atoms with Crippen molar-refractivity contribution in [3.8, 4) is 0 Å². The summed E-state index contributed by atoms with van der Waals surface area (Å²) < 4.78 is 0. The predicted octanol–water partition coefficient (Wildman–Crippen LogP) is 1.81. The second-order valence-corrected chi connectivity index (χ2v) is 5.12. The molecule has 0 amide bonds. The minimum Gasteiger partial charge on any atom is -0.359 e. The van der Waals surface area contributed by atoms with Crippen LogP contribution in [0.15, 0.2) is 23.6 Å². The van der Waals surface area contributed by atoms with Gasteiger partial charge in [0.15, 0.2) is 0 Å². The fourth-order valence-electron chi connectivity index (χ4n) is 1.66. The number of hydrogen-bond acceptors (Lipinski definition) is 6. The van der Waals surface area contributed by atoms with E-state index in [9.17, 15) is 0 Å². The van der Waals surface area contributed by atoms with E-state index in [1.165, 1.54) is 4.88 Å². The van der Waals surface area contributed by atoms with E-state index in [1.807, 2.05) is 20.0 Å². The van der Waals surface area contributed by atoms with Gasteiger partial charge in [-0.1, -0.05) is 6.07 Å². The topological polar surface area (TPSA) is 67.1 Å². The molecule has 0 aliphatic carbocycles. The first-order chi connectivity index (χ1) is 8.69. The molecule has 96 valence electrons. The molecule has 2 rings (SSSR count). The summed E-state index contributed by atoms with van der Waals surface area (Å²) in [5.74, 6) is 6.68. The highest BCUT2D eigenvalue weighted by Crippen LogP contribution is 2.15. The lowest BCUT2D eigenvalue weighted by molar-refractivity contribution is 0.861. The Labute approximate surface area is 111 Å². The number of anilines is 2. The lowest BCUT2D eigenvalue weighted by Crippen LogP contribution is -2.22. The molecule has 0 aliphatic heterocycles. The minimum atomic E-state index is 0.452. The fourth-order valence-corrected chi connectivity index (χ4v) is 2.36. The zero-order valence-corrected chi connectivity index (χ0v) is 11.4. The molecule has 0 aliphatic rings. The number of rotatable bonds is 5. The summed E-state index contributed by atoms with van der Waals surface area (Å²) >= 11 is 1.78. The highest BCUT2D eigenvalue weighted by Gasteiger charge is 2.06. The summed E-state index contributed by atoms with van der Waals surface area (Å²) in [5, 5.41) is 2.10. The first kappa shape index (κ1) is 12.8. The molecule has 3 N–H and O–H groups in total. The van der Waals surface area contributed by atoms with Crippen molar-refractivity contribution in [2.75, 3.05) is 23.9 Å². The Morgan fingerprint density at radius 2 is 2.28 bits per heavy atom. The van der Waals surface area contributed by atoms with Crippen LogP contribution >= 0.6 is 11.3 Å². The first-order valence-corrected chi connectivity index (χ1v) is 6.63. The standard InChI is InChI=1S/C12H17N5S/c1-9-8-11(15-12(14-9)16-13)17(2)6-5-10-4-3-7-18-10/h3-4,7-8H,5-6,13H2,1-2H3,(H,14,15,16). The Kier molecular flexibility index (Phi) is 4.11.